The van der Waals surface area contributed by atoms with Gasteiger partial charge in [0.15, 0.2) is 5.78 Å². The van der Waals surface area contributed by atoms with Crippen LogP contribution in [0.3, 0.4) is 0 Å². The number of rotatable bonds is 6. The average molecular weight is 252 g/mol. The normalized spacial score (nSPS) is 11.2. The van der Waals surface area contributed by atoms with E-state index in [1.807, 2.05) is 13.8 Å². The zero-order chi connectivity index (χ0) is 13.8. The second-order valence-electron chi connectivity index (χ2n) is 4.67. The highest BCUT2D eigenvalue weighted by Gasteiger charge is 2.22. The van der Waals surface area contributed by atoms with Crippen LogP contribution in [0.4, 0.5) is 0 Å². The number of Topliss-reactive ketones (excluding diaryl/α,β-unsaturated/α-hetero) is 1. The number of benzene rings is 1. The van der Waals surface area contributed by atoms with Crippen molar-refractivity contribution in [2.45, 2.75) is 25.9 Å². The second kappa shape index (κ2) is 5.87. The van der Waals surface area contributed by atoms with Crippen LogP contribution in [0, 0.1) is 0 Å². The molecule has 0 amide bonds. The topological polar surface area (TPSA) is 44.8 Å². The van der Waals surface area contributed by atoms with Crippen LogP contribution in [-0.2, 0) is 4.74 Å². The van der Waals surface area contributed by atoms with Crippen molar-refractivity contribution in [3.05, 3.63) is 23.8 Å². The van der Waals surface area contributed by atoms with Crippen LogP contribution < -0.4 is 9.47 Å². The Kier molecular flexibility index (Phi) is 4.73. The van der Waals surface area contributed by atoms with E-state index < -0.39 is 5.60 Å². The van der Waals surface area contributed by atoms with E-state index in [0.717, 1.165) is 0 Å². The van der Waals surface area contributed by atoms with Gasteiger partial charge in [-0.2, -0.15) is 0 Å². The fourth-order valence-corrected chi connectivity index (χ4v) is 1.53. The highest BCUT2D eigenvalue weighted by molar-refractivity contribution is 5.97. The molecule has 0 bridgehead atoms. The maximum atomic E-state index is 12.2. The molecule has 1 aromatic rings. The summed E-state index contributed by atoms with van der Waals surface area (Å²) in [4.78, 5) is 12.2. The zero-order valence-corrected chi connectivity index (χ0v) is 11.6. The van der Waals surface area contributed by atoms with Crippen LogP contribution in [0.5, 0.6) is 11.5 Å². The van der Waals surface area contributed by atoms with E-state index in [0.29, 0.717) is 23.5 Å². The van der Waals surface area contributed by atoms with Gasteiger partial charge >= 0.3 is 0 Å². The lowest BCUT2D eigenvalue weighted by Gasteiger charge is -2.21. The van der Waals surface area contributed by atoms with Gasteiger partial charge in [-0.3, -0.25) is 4.79 Å². The molecule has 0 saturated carbocycles. The molecule has 0 radical (unpaired) electrons. The molecule has 0 aliphatic heterocycles. The molecule has 100 valence electrons. The first-order valence-corrected chi connectivity index (χ1v) is 5.73. The van der Waals surface area contributed by atoms with E-state index in [2.05, 4.69) is 0 Å². The molecule has 0 fully saturated rings. The lowest BCUT2D eigenvalue weighted by atomic mass is 9.97. The summed E-state index contributed by atoms with van der Waals surface area (Å²) in [5.74, 6) is 1.21. The quantitative estimate of drug-likeness (QED) is 0.730. The summed E-state index contributed by atoms with van der Waals surface area (Å²) in [7, 11) is 4.71. The molecular weight excluding hydrogens is 232 g/mol. The monoisotopic (exact) mass is 252 g/mol. The predicted molar refractivity (Wildman–Crippen MR) is 69.6 cm³/mol. The van der Waals surface area contributed by atoms with Gasteiger partial charge in [0.2, 0.25) is 0 Å². The smallest absolute Gasteiger partial charge is 0.166 e. The molecule has 0 heterocycles. The molecule has 1 aromatic carbocycles. The summed E-state index contributed by atoms with van der Waals surface area (Å²) in [6.45, 7) is 3.75. The maximum absolute atomic E-state index is 12.2. The van der Waals surface area contributed by atoms with Crippen LogP contribution in [0.15, 0.2) is 18.2 Å². The number of ketones is 1. The molecule has 0 N–H and O–H groups in total. The second-order valence-corrected chi connectivity index (χ2v) is 4.67. The van der Waals surface area contributed by atoms with Gasteiger partial charge in [0, 0.05) is 25.2 Å². The lowest BCUT2D eigenvalue weighted by Crippen LogP contribution is -2.26. The molecule has 0 saturated heterocycles. The van der Waals surface area contributed by atoms with Crippen molar-refractivity contribution in [1.82, 2.24) is 0 Å². The standard InChI is InChI=1S/C14H20O4/c1-14(2,18-5)9-13(15)10-6-11(16-3)8-12(7-10)17-4/h6-8H,9H2,1-5H3. The van der Waals surface area contributed by atoms with Crippen LogP contribution in [0.1, 0.15) is 30.6 Å². The van der Waals surface area contributed by atoms with Crippen molar-refractivity contribution < 1.29 is 19.0 Å². The third-order valence-electron chi connectivity index (χ3n) is 2.81. The lowest BCUT2D eigenvalue weighted by molar-refractivity contribution is 0.0172. The van der Waals surface area contributed by atoms with Crippen LogP contribution in [0.25, 0.3) is 0 Å². The minimum atomic E-state index is -0.479. The Bertz CT molecular complexity index is 402. The van der Waals surface area contributed by atoms with E-state index in [9.17, 15) is 4.79 Å². The summed E-state index contributed by atoms with van der Waals surface area (Å²) in [6.07, 6.45) is 0.305. The molecule has 18 heavy (non-hydrogen) atoms. The average Bonchev–Trinajstić information content (AvgIpc) is 2.37. The Morgan fingerprint density at radius 3 is 1.94 bits per heavy atom. The van der Waals surface area contributed by atoms with Crippen molar-refractivity contribution in [1.29, 1.82) is 0 Å². The van der Waals surface area contributed by atoms with E-state index >= 15 is 0 Å². The summed E-state index contributed by atoms with van der Waals surface area (Å²) < 4.78 is 15.5. The number of methoxy groups -OCH3 is 3. The first-order chi connectivity index (χ1) is 8.41. The van der Waals surface area contributed by atoms with Crippen molar-refractivity contribution in [2.24, 2.45) is 0 Å². The minimum absolute atomic E-state index is 0.000880. The van der Waals surface area contributed by atoms with Gasteiger partial charge in [-0.15, -0.1) is 0 Å². The van der Waals surface area contributed by atoms with E-state index in [1.165, 1.54) is 0 Å². The van der Waals surface area contributed by atoms with Crippen LogP contribution >= 0.6 is 0 Å². The van der Waals surface area contributed by atoms with Gasteiger partial charge in [0.25, 0.3) is 0 Å². The Morgan fingerprint density at radius 2 is 1.56 bits per heavy atom. The van der Waals surface area contributed by atoms with Gasteiger partial charge in [-0.25, -0.2) is 0 Å². The minimum Gasteiger partial charge on any atom is -0.497 e. The first-order valence-electron chi connectivity index (χ1n) is 5.73. The third kappa shape index (κ3) is 3.74. The summed E-state index contributed by atoms with van der Waals surface area (Å²) in [5, 5.41) is 0. The van der Waals surface area contributed by atoms with Crippen LogP contribution in [0.2, 0.25) is 0 Å². The number of ether oxygens (including phenoxy) is 3. The van der Waals surface area contributed by atoms with Gasteiger partial charge in [0.1, 0.15) is 11.5 Å². The molecule has 1 rings (SSSR count). The van der Waals surface area contributed by atoms with Crippen molar-refractivity contribution >= 4 is 5.78 Å². The zero-order valence-electron chi connectivity index (χ0n) is 11.6. The fourth-order valence-electron chi connectivity index (χ4n) is 1.53. The van der Waals surface area contributed by atoms with Crippen molar-refractivity contribution in [3.8, 4) is 11.5 Å². The van der Waals surface area contributed by atoms with Gasteiger partial charge < -0.3 is 14.2 Å². The number of carbonyl (C=O) groups is 1. The Balaban J connectivity index is 2.98. The predicted octanol–water partition coefficient (Wildman–Crippen LogP) is 2.70. The van der Waals surface area contributed by atoms with Gasteiger partial charge in [-0.1, -0.05) is 0 Å². The Morgan fingerprint density at radius 1 is 1.06 bits per heavy atom. The fraction of sp³-hybridized carbons (Fsp3) is 0.500. The number of carbonyl (C=O) groups excluding carboxylic acids is 1. The molecule has 0 aliphatic carbocycles. The molecule has 0 unspecified atom stereocenters. The van der Waals surface area contributed by atoms with E-state index in [1.54, 1.807) is 39.5 Å². The van der Waals surface area contributed by atoms with Gasteiger partial charge in [-0.05, 0) is 26.0 Å². The first kappa shape index (κ1) is 14.5. The van der Waals surface area contributed by atoms with Crippen molar-refractivity contribution in [2.75, 3.05) is 21.3 Å². The molecule has 4 nitrogen and oxygen atoms in total. The largest absolute Gasteiger partial charge is 0.497 e. The SMILES string of the molecule is COc1cc(OC)cc(C(=O)CC(C)(C)OC)c1. The van der Waals surface area contributed by atoms with Crippen molar-refractivity contribution in [3.63, 3.8) is 0 Å². The van der Waals surface area contributed by atoms with E-state index in [-0.39, 0.29) is 5.78 Å². The highest BCUT2D eigenvalue weighted by atomic mass is 16.5. The number of hydrogen-bond acceptors (Lipinski definition) is 4. The molecule has 0 aliphatic rings. The number of hydrogen-bond donors (Lipinski definition) is 0. The van der Waals surface area contributed by atoms with E-state index in [4.69, 9.17) is 14.2 Å². The van der Waals surface area contributed by atoms with Gasteiger partial charge in [0.05, 0.1) is 19.8 Å². The highest BCUT2D eigenvalue weighted by Crippen LogP contribution is 2.25. The molecule has 4 heteroatoms. The Hall–Kier alpha value is -1.55. The maximum Gasteiger partial charge on any atom is 0.166 e. The molecule has 0 aromatic heterocycles. The summed E-state index contributed by atoms with van der Waals surface area (Å²) in [6, 6.07) is 5.14. The molecule has 0 spiro atoms. The summed E-state index contributed by atoms with van der Waals surface area (Å²) in [5.41, 5.74) is 0.0873. The molecule has 0 atom stereocenters. The molecular formula is C14H20O4. The summed E-state index contributed by atoms with van der Waals surface area (Å²) >= 11 is 0. The Labute approximate surface area is 108 Å². The third-order valence-corrected chi connectivity index (χ3v) is 2.81. The van der Waals surface area contributed by atoms with Crippen LogP contribution in [-0.4, -0.2) is 32.7 Å².